The smallest absolute Gasteiger partial charge is 0.344 e. The zero-order valence-corrected chi connectivity index (χ0v) is 20.2. The van der Waals surface area contributed by atoms with Gasteiger partial charge in [0.1, 0.15) is 11.1 Å². The van der Waals surface area contributed by atoms with E-state index in [1.165, 1.54) is 0 Å². The fraction of sp³-hybridized carbons (Fsp3) is 0.0645. The van der Waals surface area contributed by atoms with E-state index in [1.54, 1.807) is 48.5 Å². The number of benzene rings is 4. The van der Waals surface area contributed by atoms with Gasteiger partial charge in [0, 0.05) is 22.2 Å². The summed E-state index contributed by atoms with van der Waals surface area (Å²) in [5, 5.41) is 3.73. The molecule has 6 nitrogen and oxygen atoms in total. The molecule has 0 unspecified atom stereocenters. The van der Waals surface area contributed by atoms with Crippen LogP contribution in [0.5, 0.6) is 0 Å². The molecule has 0 aliphatic heterocycles. The van der Waals surface area contributed by atoms with Crippen molar-refractivity contribution in [3.63, 3.8) is 0 Å². The van der Waals surface area contributed by atoms with Crippen molar-refractivity contribution in [3.8, 4) is 22.6 Å². The fourth-order valence-electron chi connectivity index (χ4n) is 4.29. The normalized spacial score (nSPS) is 11.2. The molecule has 1 amide bonds. The summed E-state index contributed by atoms with van der Waals surface area (Å²) in [5.74, 6) is 0.243. The zero-order valence-electron chi connectivity index (χ0n) is 20.2. The first-order chi connectivity index (χ1) is 17.9. The number of carbonyl (C=O) groups is 1. The number of nitrogens with one attached hydrogen (secondary N) is 1. The minimum absolute atomic E-state index is 0.285. The van der Waals surface area contributed by atoms with Crippen molar-refractivity contribution in [1.82, 2.24) is 4.98 Å². The number of aryl methyl sites for hydroxylation is 2. The first kappa shape index (κ1) is 22.5. The quantitative estimate of drug-likeness (QED) is 0.268. The first-order valence-corrected chi connectivity index (χ1v) is 11.9. The summed E-state index contributed by atoms with van der Waals surface area (Å²) in [7, 11) is 0. The van der Waals surface area contributed by atoms with Crippen LogP contribution in [0.2, 0.25) is 0 Å². The molecule has 180 valence electrons. The molecule has 2 heterocycles. The van der Waals surface area contributed by atoms with Crippen molar-refractivity contribution in [2.75, 3.05) is 5.32 Å². The summed E-state index contributed by atoms with van der Waals surface area (Å²) in [6.45, 7) is 4.09. The fourth-order valence-corrected chi connectivity index (χ4v) is 4.29. The Balaban J connectivity index is 1.23. The maximum Gasteiger partial charge on any atom is 0.344 e. The molecule has 4 aromatic carbocycles. The van der Waals surface area contributed by atoms with E-state index in [2.05, 4.69) is 10.3 Å². The lowest BCUT2D eigenvalue weighted by atomic mass is 10.0. The predicted octanol–water partition coefficient (Wildman–Crippen LogP) is 7.14. The molecular weight excluding hydrogens is 464 g/mol. The van der Waals surface area contributed by atoms with Gasteiger partial charge in [0.2, 0.25) is 5.89 Å². The van der Waals surface area contributed by atoms with E-state index in [1.807, 2.05) is 56.3 Å². The van der Waals surface area contributed by atoms with Crippen LogP contribution in [0.3, 0.4) is 0 Å². The van der Waals surface area contributed by atoms with Crippen molar-refractivity contribution in [3.05, 3.63) is 118 Å². The van der Waals surface area contributed by atoms with Crippen LogP contribution < -0.4 is 10.9 Å². The van der Waals surface area contributed by atoms with E-state index < -0.39 is 5.63 Å². The topological polar surface area (TPSA) is 85.3 Å². The number of nitrogens with zero attached hydrogens (tertiary/aromatic N) is 1. The number of amides is 1. The molecule has 0 spiro atoms. The number of hydrogen-bond acceptors (Lipinski definition) is 5. The van der Waals surface area contributed by atoms with Gasteiger partial charge in [-0.1, -0.05) is 30.3 Å². The summed E-state index contributed by atoms with van der Waals surface area (Å²) < 4.78 is 11.4. The second-order valence-corrected chi connectivity index (χ2v) is 9.02. The van der Waals surface area contributed by atoms with Gasteiger partial charge >= 0.3 is 5.63 Å². The highest BCUT2D eigenvalue weighted by Gasteiger charge is 2.13. The predicted molar refractivity (Wildman–Crippen MR) is 145 cm³/mol. The molecule has 0 fully saturated rings. The van der Waals surface area contributed by atoms with E-state index in [9.17, 15) is 9.59 Å². The molecule has 1 N–H and O–H groups in total. The van der Waals surface area contributed by atoms with Gasteiger partial charge in [-0.15, -0.1) is 0 Å². The average Bonchev–Trinajstić information content (AvgIpc) is 3.31. The largest absolute Gasteiger partial charge is 0.436 e. The van der Waals surface area contributed by atoms with E-state index >= 15 is 0 Å². The second-order valence-electron chi connectivity index (χ2n) is 9.02. The van der Waals surface area contributed by atoms with Crippen LogP contribution in [0.1, 0.15) is 21.5 Å². The van der Waals surface area contributed by atoms with E-state index in [0.717, 1.165) is 33.2 Å². The Kier molecular flexibility index (Phi) is 5.42. The molecule has 0 atom stereocenters. The minimum atomic E-state index is -0.448. The molecule has 0 aliphatic rings. The Morgan fingerprint density at radius 3 is 2.38 bits per heavy atom. The molecule has 0 aliphatic carbocycles. The van der Waals surface area contributed by atoms with Gasteiger partial charge in [0.15, 0.2) is 5.58 Å². The molecule has 6 rings (SSSR count). The second kappa shape index (κ2) is 8.91. The van der Waals surface area contributed by atoms with Crippen molar-refractivity contribution in [2.45, 2.75) is 13.8 Å². The van der Waals surface area contributed by atoms with Gasteiger partial charge in [-0.25, -0.2) is 9.78 Å². The average molecular weight is 487 g/mol. The van der Waals surface area contributed by atoms with Crippen molar-refractivity contribution in [2.24, 2.45) is 0 Å². The van der Waals surface area contributed by atoms with Crippen LogP contribution in [-0.2, 0) is 0 Å². The van der Waals surface area contributed by atoms with Gasteiger partial charge in [-0.05, 0) is 91.2 Å². The van der Waals surface area contributed by atoms with E-state index in [-0.39, 0.29) is 5.91 Å². The molecule has 0 saturated carbocycles. The molecule has 6 heteroatoms. The summed E-state index contributed by atoms with van der Waals surface area (Å²) >= 11 is 0. The molecular formula is C31H22N2O4. The van der Waals surface area contributed by atoms with Crippen LogP contribution in [0.15, 0.2) is 105 Å². The number of fused-ring (bicyclic) bond motifs is 2. The number of carbonyl (C=O) groups excluding carboxylic acids is 1. The third kappa shape index (κ3) is 4.29. The highest BCUT2D eigenvalue weighted by Crippen LogP contribution is 2.28. The summed E-state index contributed by atoms with van der Waals surface area (Å²) in [4.78, 5) is 30.2. The Morgan fingerprint density at radius 2 is 1.54 bits per heavy atom. The van der Waals surface area contributed by atoms with Gasteiger partial charge in [-0.2, -0.15) is 0 Å². The SMILES string of the molecule is Cc1cc2nc(-c3ccc(NC(=O)c4cccc(-c5cc6ccccc6oc5=O)c4)cc3)oc2cc1C. The highest BCUT2D eigenvalue weighted by atomic mass is 16.4. The Labute approximate surface area is 212 Å². The summed E-state index contributed by atoms with van der Waals surface area (Å²) in [6, 6.07) is 27.4. The molecule has 37 heavy (non-hydrogen) atoms. The molecule has 0 radical (unpaired) electrons. The summed E-state index contributed by atoms with van der Waals surface area (Å²) in [6.07, 6.45) is 0. The monoisotopic (exact) mass is 486 g/mol. The number of aromatic nitrogens is 1. The van der Waals surface area contributed by atoms with Crippen LogP contribution in [0.25, 0.3) is 44.7 Å². The first-order valence-electron chi connectivity index (χ1n) is 11.9. The standard InChI is InChI=1S/C31H22N2O4/c1-18-14-26-28(15-19(18)2)36-30(33-26)20-10-12-24(13-11-20)32-29(34)23-8-5-7-21(16-23)25-17-22-6-3-4-9-27(22)37-31(25)35/h3-17H,1-2H3,(H,32,34). The van der Waals surface area contributed by atoms with E-state index in [4.69, 9.17) is 8.83 Å². The molecule has 2 aromatic heterocycles. The number of para-hydroxylation sites is 1. The van der Waals surface area contributed by atoms with Gasteiger partial charge in [0.25, 0.3) is 5.91 Å². The number of anilines is 1. The van der Waals surface area contributed by atoms with Crippen molar-refractivity contribution in [1.29, 1.82) is 0 Å². The maximum atomic E-state index is 13.0. The lowest BCUT2D eigenvalue weighted by molar-refractivity contribution is 0.102. The number of hydrogen-bond donors (Lipinski definition) is 1. The van der Waals surface area contributed by atoms with Crippen LogP contribution in [0, 0.1) is 13.8 Å². The van der Waals surface area contributed by atoms with Gasteiger partial charge in [0.05, 0.1) is 5.56 Å². The lowest BCUT2D eigenvalue weighted by Crippen LogP contribution is -2.12. The maximum absolute atomic E-state index is 13.0. The van der Waals surface area contributed by atoms with Gasteiger partial charge in [-0.3, -0.25) is 4.79 Å². The van der Waals surface area contributed by atoms with Crippen molar-refractivity contribution >= 4 is 33.7 Å². The third-order valence-electron chi connectivity index (χ3n) is 6.47. The molecule has 6 aromatic rings. The lowest BCUT2D eigenvalue weighted by Gasteiger charge is -2.08. The Hall–Kier alpha value is -4.97. The number of rotatable bonds is 4. The number of oxazole rings is 1. The Bertz CT molecular complexity index is 1820. The Morgan fingerprint density at radius 1 is 0.757 bits per heavy atom. The van der Waals surface area contributed by atoms with E-state index in [0.29, 0.717) is 33.9 Å². The third-order valence-corrected chi connectivity index (χ3v) is 6.47. The van der Waals surface area contributed by atoms with Crippen LogP contribution >= 0.6 is 0 Å². The van der Waals surface area contributed by atoms with Crippen LogP contribution in [0.4, 0.5) is 5.69 Å². The van der Waals surface area contributed by atoms with Gasteiger partial charge < -0.3 is 14.2 Å². The summed E-state index contributed by atoms with van der Waals surface area (Å²) in [5.41, 5.74) is 6.85. The van der Waals surface area contributed by atoms with Crippen LogP contribution in [-0.4, -0.2) is 10.9 Å². The minimum Gasteiger partial charge on any atom is -0.436 e. The molecule has 0 saturated heterocycles. The van der Waals surface area contributed by atoms with Crippen molar-refractivity contribution < 1.29 is 13.6 Å². The molecule has 0 bridgehead atoms. The highest BCUT2D eigenvalue weighted by molar-refractivity contribution is 6.05. The zero-order chi connectivity index (χ0) is 25.5.